The molecule has 136 valence electrons. The smallest absolute Gasteiger partial charge is 0.257 e. The van der Waals surface area contributed by atoms with Crippen LogP contribution in [0.15, 0.2) is 29.6 Å². The number of phenolic OH excluding ortho intramolecular Hbond substituents is 1. The Balaban J connectivity index is 2.32. The first kappa shape index (κ1) is 18.8. The summed E-state index contributed by atoms with van der Waals surface area (Å²) < 4.78 is 0. The molecular weight excluding hydrogens is 322 g/mol. The van der Waals surface area contributed by atoms with Crippen molar-refractivity contribution in [2.45, 2.75) is 32.9 Å². The van der Waals surface area contributed by atoms with Gasteiger partial charge in [-0.2, -0.15) is 0 Å². The van der Waals surface area contributed by atoms with Crippen LogP contribution in [0.1, 0.15) is 31.1 Å². The van der Waals surface area contributed by atoms with Crippen molar-refractivity contribution in [3.63, 3.8) is 0 Å². The van der Waals surface area contributed by atoms with Crippen molar-refractivity contribution in [1.29, 1.82) is 0 Å². The van der Waals surface area contributed by atoms with Gasteiger partial charge in [-0.3, -0.25) is 9.59 Å². The number of rotatable bonds is 6. The van der Waals surface area contributed by atoms with Crippen LogP contribution in [0.3, 0.4) is 0 Å². The third-order valence-corrected chi connectivity index (χ3v) is 4.35. The Bertz CT molecular complexity index is 725. The van der Waals surface area contributed by atoms with Crippen LogP contribution in [0.25, 0.3) is 0 Å². The van der Waals surface area contributed by atoms with E-state index in [9.17, 15) is 19.8 Å². The highest BCUT2D eigenvalue weighted by Gasteiger charge is 2.39. The largest absolute Gasteiger partial charge is 0.505 e. The number of carbonyl (C=O) groups excluding carboxylic acids is 2. The summed E-state index contributed by atoms with van der Waals surface area (Å²) in [6.45, 7) is 6.01. The standard InChI is InChI=1S/C18H25N3O4/c1-9(2)10(3)19-13-14(17(24)16(13)23)20-12-8-6-7-11(15(12)22)18(25)21(4)5/h6-10,16,19-20,22-23H,1-5H3. The van der Waals surface area contributed by atoms with Crippen LogP contribution in [0.5, 0.6) is 5.75 Å². The number of nitrogens with one attached hydrogen (secondary N) is 2. The summed E-state index contributed by atoms with van der Waals surface area (Å²) in [6.07, 6.45) is -1.20. The molecule has 2 atom stereocenters. The van der Waals surface area contributed by atoms with Gasteiger partial charge in [-0.25, -0.2) is 0 Å². The van der Waals surface area contributed by atoms with Gasteiger partial charge in [0.15, 0.2) is 11.9 Å². The molecule has 7 nitrogen and oxygen atoms in total. The van der Waals surface area contributed by atoms with Gasteiger partial charge in [0.25, 0.3) is 5.91 Å². The number of amides is 1. The van der Waals surface area contributed by atoms with Gasteiger partial charge in [0.1, 0.15) is 5.70 Å². The van der Waals surface area contributed by atoms with Gasteiger partial charge in [0.2, 0.25) is 5.78 Å². The number of aliphatic hydroxyl groups is 1. The van der Waals surface area contributed by atoms with E-state index in [-0.39, 0.29) is 34.6 Å². The fourth-order valence-electron chi connectivity index (χ4n) is 2.34. The zero-order valence-corrected chi connectivity index (χ0v) is 15.1. The predicted molar refractivity (Wildman–Crippen MR) is 95.2 cm³/mol. The lowest BCUT2D eigenvalue weighted by molar-refractivity contribution is -0.124. The number of hydrogen-bond donors (Lipinski definition) is 4. The molecule has 1 aliphatic rings. The average Bonchev–Trinajstić information content (AvgIpc) is 2.57. The number of hydrogen-bond acceptors (Lipinski definition) is 6. The third-order valence-electron chi connectivity index (χ3n) is 4.35. The summed E-state index contributed by atoms with van der Waals surface area (Å²) >= 11 is 0. The van der Waals surface area contributed by atoms with E-state index in [0.29, 0.717) is 11.6 Å². The van der Waals surface area contributed by atoms with Crippen molar-refractivity contribution in [2.75, 3.05) is 19.4 Å². The van der Waals surface area contributed by atoms with E-state index in [1.165, 1.54) is 11.0 Å². The zero-order chi connectivity index (χ0) is 18.9. The molecule has 0 aromatic heterocycles. The summed E-state index contributed by atoms with van der Waals surface area (Å²) in [5.74, 6) is -0.727. The van der Waals surface area contributed by atoms with Crippen molar-refractivity contribution < 1.29 is 19.8 Å². The van der Waals surface area contributed by atoms with Crippen LogP contribution in [-0.2, 0) is 4.79 Å². The lowest BCUT2D eigenvalue weighted by Crippen LogP contribution is -2.48. The van der Waals surface area contributed by atoms with E-state index in [1.54, 1.807) is 26.2 Å². The quantitative estimate of drug-likeness (QED) is 0.579. The maximum Gasteiger partial charge on any atom is 0.257 e. The number of phenols is 1. The monoisotopic (exact) mass is 347 g/mol. The molecule has 1 amide bonds. The molecule has 0 heterocycles. The van der Waals surface area contributed by atoms with Crippen LogP contribution in [-0.4, -0.2) is 53.0 Å². The molecule has 1 aliphatic carbocycles. The van der Waals surface area contributed by atoms with Crippen LogP contribution in [0, 0.1) is 5.92 Å². The number of Topliss-reactive ketones (excluding diaryl/α,β-unsaturated/α-hetero) is 1. The number of aromatic hydroxyl groups is 1. The second-order valence-corrected chi connectivity index (χ2v) is 6.76. The topological polar surface area (TPSA) is 102 Å². The Kier molecular flexibility index (Phi) is 5.37. The summed E-state index contributed by atoms with van der Waals surface area (Å²) in [5.41, 5.74) is 0.965. The first-order valence-corrected chi connectivity index (χ1v) is 8.18. The number of nitrogens with zero attached hydrogens (tertiary/aromatic N) is 1. The van der Waals surface area contributed by atoms with Crippen LogP contribution in [0.4, 0.5) is 5.69 Å². The van der Waals surface area contributed by atoms with Crippen molar-refractivity contribution in [2.24, 2.45) is 5.92 Å². The molecule has 0 spiro atoms. The van der Waals surface area contributed by atoms with Crippen molar-refractivity contribution in [3.8, 4) is 5.75 Å². The molecule has 0 bridgehead atoms. The first-order valence-electron chi connectivity index (χ1n) is 8.18. The van der Waals surface area contributed by atoms with Crippen LogP contribution < -0.4 is 10.6 Å². The number of aliphatic hydroxyl groups excluding tert-OH is 1. The van der Waals surface area contributed by atoms with Gasteiger partial charge in [-0.05, 0) is 25.0 Å². The predicted octanol–water partition coefficient (Wildman–Crippen LogP) is 1.30. The van der Waals surface area contributed by atoms with E-state index < -0.39 is 11.9 Å². The van der Waals surface area contributed by atoms with Gasteiger partial charge >= 0.3 is 0 Å². The molecule has 25 heavy (non-hydrogen) atoms. The van der Waals surface area contributed by atoms with Crippen molar-refractivity contribution in [3.05, 3.63) is 35.2 Å². The minimum atomic E-state index is -1.20. The normalized spacial score (nSPS) is 18.0. The second kappa shape index (κ2) is 7.14. The minimum Gasteiger partial charge on any atom is -0.505 e. The Labute approximate surface area is 147 Å². The SMILES string of the molecule is CC(C)C(C)NC1=C(Nc2cccc(C(=O)N(C)C)c2O)C(=O)C1O. The maximum absolute atomic E-state index is 12.1. The molecule has 7 heteroatoms. The molecule has 1 aromatic carbocycles. The van der Waals surface area contributed by atoms with Gasteiger partial charge in [0.05, 0.1) is 16.9 Å². The average molecular weight is 347 g/mol. The summed E-state index contributed by atoms with van der Waals surface area (Å²) in [7, 11) is 3.18. The molecule has 0 aliphatic heterocycles. The molecule has 1 aromatic rings. The second-order valence-electron chi connectivity index (χ2n) is 6.76. The van der Waals surface area contributed by atoms with Gasteiger partial charge in [-0.1, -0.05) is 19.9 Å². The molecule has 0 saturated carbocycles. The molecule has 0 saturated heterocycles. The minimum absolute atomic E-state index is 0.0600. The Morgan fingerprint density at radius 1 is 1.24 bits per heavy atom. The van der Waals surface area contributed by atoms with Crippen LogP contribution >= 0.6 is 0 Å². The molecule has 2 rings (SSSR count). The maximum atomic E-state index is 12.1. The van der Waals surface area contributed by atoms with Gasteiger partial charge in [-0.15, -0.1) is 0 Å². The lowest BCUT2D eigenvalue weighted by atomic mass is 9.92. The molecule has 0 fully saturated rings. The summed E-state index contributed by atoms with van der Waals surface area (Å²) in [4.78, 5) is 25.4. The van der Waals surface area contributed by atoms with Gasteiger partial charge < -0.3 is 25.7 Å². The molecule has 4 N–H and O–H groups in total. The third kappa shape index (κ3) is 3.61. The van der Waals surface area contributed by atoms with Crippen molar-refractivity contribution >= 4 is 17.4 Å². The molecule has 0 radical (unpaired) electrons. The number of para-hydroxylation sites is 1. The highest BCUT2D eigenvalue weighted by Crippen LogP contribution is 2.32. The number of anilines is 1. The Hall–Kier alpha value is -2.54. The highest BCUT2D eigenvalue weighted by molar-refractivity contribution is 6.11. The van der Waals surface area contributed by atoms with E-state index in [2.05, 4.69) is 10.6 Å². The van der Waals surface area contributed by atoms with E-state index in [0.717, 1.165) is 0 Å². The van der Waals surface area contributed by atoms with Crippen molar-refractivity contribution in [1.82, 2.24) is 10.2 Å². The van der Waals surface area contributed by atoms with E-state index in [1.807, 2.05) is 20.8 Å². The zero-order valence-electron chi connectivity index (χ0n) is 15.1. The molecule has 2 unspecified atom stereocenters. The van der Waals surface area contributed by atoms with Gasteiger partial charge in [0, 0.05) is 20.1 Å². The summed E-state index contributed by atoms with van der Waals surface area (Å²) in [5, 5.41) is 26.2. The molecular formula is C18H25N3O4. The van der Waals surface area contributed by atoms with E-state index >= 15 is 0 Å². The lowest BCUT2D eigenvalue weighted by Gasteiger charge is -2.33. The summed E-state index contributed by atoms with van der Waals surface area (Å²) in [6, 6.07) is 4.75. The fourth-order valence-corrected chi connectivity index (χ4v) is 2.34. The van der Waals surface area contributed by atoms with E-state index in [4.69, 9.17) is 0 Å². The Morgan fingerprint density at radius 2 is 1.88 bits per heavy atom. The number of ketones is 1. The number of benzene rings is 1. The highest BCUT2D eigenvalue weighted by atomic mass is 16.3. The number of carbonyl (C=O) groups is 2. The fraction of sp³-hybridized carbons (Fsp3) is 0.444. The van der Waals surface area contributed by atoms with Crippen LogP contribution in [0.2, 0.25) is 0 Å². The Morgan fingerprint density at radius 3 is 2.44 bits per heavy atom. The first-order chi connectivity index (χ1) is 11.6.